The number of hydrogen-bond donors (Lipinski definition) is 4. The highest BCUT2D eigenvalue weighted by atomic mass is 31.1. The largest absolute Gasteiger partial charge is 0.383 e. The van der Waals surface area contributed by atoms with Crippen molar-refractivity contribution in [3.05, 3.63) is 35.3 Å². The SMILES string of the molecule is Nc1nc2c(ncn2[C@@H]2OC(OPCC[C@H]3[C@H](F)[C@H](n4ccc5c(N)ncnc54)O[C@@H]3COP)[C@H](F)[C@H]2OO)c(=O)[nH]1. The number of rotatable bonds is 10. The van der Waals surface area contributed by atoms with Gasteiger partial charge < -0.3 is 34.6 Å². The Bertz CT molecular complexity index is 1630. The molecular formula is C22H27F2N9O7P2. The van der Waals surface area contributed by atoms with Gasteiger partial charge in [0.15, 0.2) is 48.4 Å². The van der Waals surface area contributed by atoms with Crippen LogP contribution in [0.1, 0.15) is 18.9 Å². The van der Waals surface area contributed by atoms with E-state index < -0.39 is 54.8 Å². The number of imidazole rings is 1. The van der Waals surface area contributed by atoms with Crippen molar-refractivity contribution in [2.45, 2.75) is 49.7 Å². The smallest absolute Gasteiger partial charge is 0.280 e. The molecule has 0 aliphatic carbocycles. The Morgan fingerprint density at radius 1 is 1.14 bits per heavy atom. The zero-order chi connectivity index (χ0) is 29.5. The summed E-state index contributed by atoms with van der Waals surface area (Å²) in [6.45, 7) is 0.127. The fourth-order valence-corrected chi connectivity index (χ4v) is 6.42. The predicted octanol–water partition coefficient (Wildman–Crippen LogP) is 1.44. The molecule has 10 atom stereocenters. The number of nitrogens with zero attached hydrogens (tertiary/aromatic N) is 6. The van der Waals surface area contributed by atoms with E-state index in [-0.39, 0.29) is 38.3 Å². The van der Waals surface area contributed by atoms with Crippen molar-refractivity contribution in [2.24, 2.45) is 5.92 Å². The van der Waals surface area contributed by atoms with Crippen LogP contribution in [-0.2, 0) is 23.4 Å². The molecule has 0 aromatic carbocycles. The van der Waals surface area contributed by atoms with E-state index in [4.69, 9.17) is 30.0 Å². The first-order chi connectivity index (χ1) is 20.3. The molecule has 0 spiro atoms. The molecule has 0 amide bonds. The third-order valence-electron chi connectivity index (χ3n) is 7.30. The monoisotopic (exact) mass is 629 g/mol. The number of alkyl halides is 2. The zero-order valence-corrected chi connectivity index (χ0v) is 23.8. The van der Waals surface area contributed by atoms with Crippen LogP contribution in [0.15, 0.2) is 29.7 Å². The normalized spacial score (nSPS) is 30.0. The number of H-pyrrole nitrogens is 1. The maximum atomic E-state index is 15.8. The van der Waals surface area contributed by atoms with E-state index in [0.29, 0.717) is 23.6 Å². The molecule has 0 saturated carbocycles. The molecule has 6 N–H and O–H groups in total. The Balaban J connectivity index is 1.11. The van der Waals surface area contributed by atoms with E-state index in [0.717, 1.165) is 0 Å². The van der Waals surface area contributed by atoms with Gasteiger partial charge in [-0.25, -0.2) is 28.6 Å². The first-order valence-corrected chi connectivity index (χ1v) is 14.3. The van der Waals surface area contributed by atoms with Crippen LogP contribution in [0.2, 0.25) is 0 Å². The third-order valence-corrected chi connectivity index (χ3v) is 8.39. The van der Waals surface area contributed by atoms with Crippen molar-refractivity contribution in [1.29, 1.82) is 0 Å². The quantitative estimate of drug-likeness (QED) is 0.0847. The van der Waals surface area contributed by atoms with Crippen LogP contribution in [0, 0.1) is 5.92 Å². The van der Waals surface area contributed by atoms with Gasteiger partial charge in [0.1, 0.15) is 17.8 Å². The van der Waals surface area contributed by atoms with E-state index in [1.807, 2.05) is 0 Å². The highest BCUT2D eigenvalue weighted by Crippen LogP contribution is 2.42. The summed E-state index contributed by atoms with van der Waals surface area (Å²) in [6.07, 6.45) is -4.26. The van der Waals surface area contributed by atoms with Gasteiger partial charge in [0.2, 0.25) is 5.95 Å². The predicted molar refractivity (Wildman–Crippen MR) is 148 cm³/mol. The molecule has 16 nitrogen and oxygen atoms in total. The van der Waals surface area contributed by atoms with Crippen LogP contribution in [0.4, 0.5) is 20.5 Å². The minimum absolute atomic E-state index is 0.00958. The minimum atomic E-state index is -1.91. The van der Waals surface area contributed by atoms with E-state index in [2.05, 4.69) is 39.3 Å². The standard InChI is InChI=1S/C22H27F2N9O7P2/c23-11-8(10(5-36-41)37-19(11)32-3-1-9-15(25)27-6-28-16(9)32)2-4-42-40-21-12(24)14(39-35)20(38-21)33-7-29-13-17(33)30-22(26)31-18(13)34/h1,3,6-8,10-12,14,19-21,35,42H,2,4-5,41H2,(H2,25,27,28)(H3,26,30,31,34)/t8-,10-,11+,12-,14-,19-,20-,21?/m1/s1. The molecule has 42 heavy (non-hydrogen) atoms. The van der Waals surface area contributed by atoms with E-state index >= 15 is 8.78 Å². The Hall–Kier alpha value is -2.95. The number of ether oxygens (including phenoxy) is 2. The molecule has 2 aliphatic heterocycles. The second-order valence-corrected chi connectivity index (χ2v) is 11.1. The molecule has 2 aliphatic rings. The molecule has 4 aromatic heterocycles. The van der Waals surface area contributed by atoms with Gasteiger partial charge in [-0.1, -0.05) is 0 Å². The van der Waals surface area contributed by atoms with Crippen LogP contribution < -0.4 is 17.0 Å². The zero-order valence-electron chi connectivity index (χ0n) is 21.6. The lowest BCUT2D eigenvalue weighted by molar-refractivity contribution is -0.300. The van der Waals surface area contributed by atoms with Gasteiger partial charge in [0, 0.05) is 30.4 Å². The van der Waals surface area contributed by atoms with Crippen LogP contribution in [0.25, 0.3) is 22.2 Å². The van der Waals surface area contributed by atoms with Crippen molar-refractivity contribution >= 4 is 52.2 Å². The number of nitrogen functional groups attached to an aromatic ring is 2. The lowest BCUT2D eigenvalue weighted by atomic mass is 9.96. The molecule has 226 valence electrons. The topological polar surface area (TPSA) is 213 Å². The summed E-state index contributed by atoms with van der Waals surface area (Å²) in [6, 6.07) is 1.70. The molecule has 6 rings (SSSR count). The number of nitrogens with one attached hydrogen (secondary N) is 1. The molecule has 20 heteroatoms. The number of aromatic amines is 1. The van der Waals surface area contributed by atoms with Crippen molar-refractivity contribution < 1.29 is 37.4 Å². The first-order valence-electron chi connectivity index (χ1n) is 12.7. The van der Waals surface area contributed by atoms with Crippen molar-refractivity contribution in [3.8, 4) is 0 Å². The fraction of sp³-hybridized carbons (Fsp3) is 0.500. The van der Waals surface area contributed by atoms with E-state index in [9.17, 15) is 10.1 Å². The number of aromatic nitrogens is 7. The summed E-state index contributed by atoms with van der Waals surface area (Å²) < 4.78 is 56.3. The van der Waals surface area contributed by atoms with E-state index in [1.54, 1.807) is 16.8 Å². The number of fused-ring (bicyclic) bond motifs is 2. The Kier molecular flexibility index (Phi) is 8.31. The van der Waals surface area contributed by atoms with E-state index in [1.165, 1.54) is 17.2 Å². The average molecular weight is 629 g/mol. The maximum absolute atomic E-state index is 15.8. The maximum Gasteiger partial charge on any atom is 0.280 e. The number of nitrogens with two attached hydrogens (primary N) is 2. The second kappa shape index (κ2) is 12.0. The van der Waals surface area contributed by atoms with Crippen LogP contribution in [0.5, 0.6) is 0 Å². The van der Waals surface area contributed by atoms with Gasteiger partial charge in [-0.15, -0.1) is 0 Å². The fourth-order valence-electron chi connectivity index (χ4n) is 5.31. The number of halogens is 2. The summed E-state index contributed by atoms with van der Waals surface area (Å²) in [5, 5.41) is 9.99. The van der Waals surface area contributed by atoms with Gasteiger partial charge in [-0.3, -0.25) is 19.6 Å². The summed E-state index contributed by atoms with van der Waals surface area (Å²) in [7, 11) is 1.83. The average Bonchev–Trinajstić information content (AvgIpc) is 3.72. The lowest BCUT2D eigenvalue weighted by Gasteiger charge is -2.19. The van der Waals surface area contributed by atoms with Gasteiger partial charge >= 0.3 is 0 Å². The third kappa shape index (κ3) is 5.11. The molecule has 0 radical (unpaired) electrons. The minimum Gasteiger partial charge on any atom is -0.383 e. The molecule has 2 fully saturated rings. The van der Waals surface area contributed by atoms with Gasteiger partial charge in [-0.05, 0) is 18.6 Å². The van der Waals surface area contributed by atoms with Crippen LogP contribution >= 0.6 is 18.3 Å². The van der Waals surface area contributed by atoms with Crippen LogP contribution in [-0.4, -0.2) is 82.9 Å². The molecule has 6 heterocycles. The number of anilines is 2. The van der Waals surface area contributed by atoms with Gasteiger partial charge in [0.25, 0.3) is 5.56 Å². The summed E-state index contributed by atoms with van der Waals surface area (Å²) in [5.41, 5.74) is 11.3. The first kappa shape index (κ1) is 29.1. The summed E-state index contributed by atoms with van der Waals surface area (Å²) in [4.78, 5) is 35.0. The molecule has 2 saturated heterocycles. The molecular weight excluding hydrogens is 602 g/mol. The Morgan fingerprint density at radius 3 is 2.76 bits per heavy atom. The van der Waals surface area contributed by atoms with Crippen LogP contribution in [0.3, 0.4) is 0 Å². The van der Waals surface area contributed by atoms with Gasteiger partial charge in [-0.2, -0.15) is 4.98 Å². The van der Waals surface area contributed by atoms with Crippen molar-refractivity contribution in [3.63, 3.8) is 0 Å². The van der Waals surface area contributed by atoms with Crippen molar-refractivity contribution in [2.75, 3.05) is 24.2 Å². The highest BCUT2D eigenvalue weighted by molar-refractivity contribution is 7.32. The summed E-state index contributed by atoms with van der Waals surface area (Å²) >= 11 is 0. The molecule has 4 aromatic rings. The van der Waals surface area contributed by atoms with Crippen molar-refractivity contribution in [1.82, 2.24) is 34.1 Å². The second-order valence-electron chi connectivity index (χ2n) is 9.71. The summed E-state index contributed by atoms with van der Waals surface area (Å²) in [5.74, 6) is -0.475. The highest BCUT2D eigenvalue weighted by Gasteiger charge is 2.50. The Morgan fingerprint density at radius 2 is 1.98 bits per heavy atom. The molecule has 0 bridgehead atoms. The van der Waals surface area contributed by atoms with Gasteiger partial charge in [0.05, 0.1) is 24.4 Å². The number of hydrogen-bond acceptors (Lipinski definition) is 13. The lowest BCUT2D eigenvalue weighted by Crippen LogP contribution is -2.30. The molecule has 3 unspecified atom stereocenters. The Labute approximate surface area is 239 Å².